The first-order valence-electron chi connectivity index (χ1n) is 7.02. The number of carbonyl (C=O) groups excluding carboxylic acids is 1. The van der Waals surface area contributed by atoms with Crippen molar-refractivity contribution in [1.82, 2.24) is 0 Å². The van der Waals surface area contributed by atoms with E-state index < -0.39 is 5.97 Å². The Kier molecular flexibility index (Phi) is 5.48. The second-order valence-electron chi connectivity index (χ2n) is 5.30. The van der Waals surface area contributed by atoms with Crippen molar-refractivity contribution in [3.05, 3.63) is 27.7 Å². The van der Waals surface area contributed by atoms with Gasteiger partial charge in [0.1, 0.15) is 0 Å². The van der Waals surface area contributed by atoms with Crippen molar-refractivity contribution in [1.29, 1.82) is 0 Å². The summed E-state index contributed by atoms with van der Waals surface area (Å²) in [5.41, 5.74) is 0.287. The van der Waals surface area contributed by atoms with E-state index in [4.69, 9.17) is 28.3 Å². The average molecular weight is 330 g/mol. The fourth-order valence-electron chi connectivity index (χ4n) is 2.58. The smallest absolute Gasteiger partial charge is 0.335 e. The minimum atomic E-state index is -1.11. The molecule has 0 atom stereocenters. The molecule has 1 aliphatic rings. The lowest BCUT2D eigenvalue weighted by atomic mass is 9.99. The van der Waals surface area contributed by atoms with E-state index in [-0.39, 0.29) is 33.1 Å². The number of hydrogen-bond donors (Lipinski definition) is 2. The number of nitrogens with one attached hydrogen (secondary N) is 1. The molecular weight excluding hydrogens is 313 g/mol. The van der Waals surface area contributed by atoms with Gasteiger partial charge in [0.2, 0.25) is 5.91 Å². The molecule has 0 bridgehead atoms. The number of rotatable bonds is 3. The van der Waals surface area contributed by atoms with E-state index in [0.717, 1.165) is 25.7 Å². The molecule has 0 radical (unpaired) electrons. The number of carboxylic acids is 1. The van der Waals surface area contributed by atoms with Gasteiger partial charge in [-0.15, -0.1) is 0 Å². The molecule has 1 aliphatic carbocycles. The van der Waals surface area contributed by atoms with E-state index in [2.05, 4.69) is 5.32 Å². The maximum atomic E-state index is 12.3. The number of carbonyl (C=O) groups is 2. The molecule has 0 heterocycles. The SMILES string of the molecule is O=C(O)c1cc(Cl)c(NC(=O)C2CCCCCC2)c(Cl)c1. The summed E-state index contributed by atoms with van der Waals surface area (Å²) in [4.78, 5) is 23.2. The number of carboxylic acid groups (broad SMARTS) is 1. The molecule has 1 amide bonds. The van der Waals surface area contributed by atoms with Crippen LogP contribution in [-0.2, 0) is 4.79 Å². The molecule has 1 fully saturated rings. The van der Waals surface area contributed by atoms with Gasteiger partial charge in [0, 0.05) is 5.92 Å². The van der Waals surface area contributed by atoms with E-state index in [0.29, 0.717) is 0 Å². The lowest BCUT2D eigenvalue weighted by Gasteiger charge is -2.16. The zero-order valence-electron chi connectivity index (χ0n) is 11.5. The quantitative estimate of drug-likeness (QED) is 0.796. The van der Waals surface area contributed by atoms with Gasteiger partial charge in [-0.05, 0) is 25.0 Å². The van der Waals surface area contributed by atoms with Crippen LogP contribution in [-0.4, -0.2) is 17.0 Å². The average Bonchev–Trinajstić information content (AvgIpc) is 2.71. The Bertz CT molecular complexity index is 529. The van der Waals surface area contributed by atoms with Crippen LogP contribution in [0.5, 0.6) is 0 Å². The Hall–Kier alpha value is -1.26. The van der Waals surface area contributed by atoms with Crippen molar-refractivity contribution in [3.8, 4) is 0 Å². The summed E-state index contributed by atoms with van der Waals surface area (Å²) in [6, 6.07) is 2.58. The second kappa shape index (κ2) is 7.14. The van der Waals surface area contributed by atoms with Gasteiger partial charge in [-0.2, -0.15) is 0 Å². The highest BCUT2D eigenvalue weighted by atomic mass is 35.5. The third-order valence-electron chi connectivity index (χ3n) is 3.76. The van der Waals surface area contributed by atoms with Gasteiger partial charge in [0.15, 0.2) is 0 Å². The number of anilines is 1. The first kappa shape index (κ1) is 16.1. The summed E-state index contributed by atoms with van der Waals surface area (Å²) in [5.74, 6) is -1.23. The molecule has 0 unspecified atom stereocenters. The number of halogens is 2. The van der Waals surface area contributed by atoms with Crippen molar-refractivity contribution >= 4 is 40.8 Å². The molecular formula is C15H17Cl2NO3. The van der Waals surface area contributed by atoms with Crippen LogP contribution in [0.15, 0.2) is 12.1 Å². The summed E-state index contributed by atoms with van der Waals surface area (Å²) in [6.45, 7) is 0. The van der Waals surface area contributed by atoms with Gasteiger partial charge >= 0.3 is 5.97 Å². The van der Waals surface area contributed by atoms with Crippen LogP contribution in [0.25, 0.3) is 0 Å². The van der Waals surface area contributed by atoms with Gasteiger partial charge in [-0.3, -0.25) is 4.79 Å². The predicted octanol–water partition coefficient (Wildman–Crippen LogP) is 4.60. The Morgan fingerprint density at radius 2 is 1.57 bits per heavy atom. The predicted molar refractivity (Wildman–Crippen MR) is 83.2 cm³/mol. The first-order valence-corrected chi connectivity index (χ1v) is 7.78. The summed E-state index contributed by atoms with van der Waals surface area (Å²) in [6.07, 6.45) is 6.18. The van der Waals surface area contributed by atoms with Crippen LogP contribution >= 0.6 is 23.2 Å². The minimum Gasteiger partial charge on any atom is -0.478 e. The standard InChI is InChI=1S/C15H17Cl2NO3/c16-11-7-10(15(20)21)8-12(17)13(11)18-14(19)9-5-3-1-2-4-6-9/h7-9H,1-6H2,(H,18,19)(H,20,21). The summed E-state index contributed by atoms with van der Waals surface area (Å²) in [5, 5.41) is 12.0. The highest BCUT2D eigenvalue weighted by Gasteiger charge is 2.22. The van der Waals surface area contributed by atoms with Crippen molar-refractivity contribution in [3.63, 3.8) is 0 Å². The lowest BCUT2D eigenvalue weighted by Crippen LogP contribution is -2.22. The normalized spacial score (nSPS) is 16.3. The van der Waals surface area contributed by atoms with Gasteiger partial charge in [-0.1, -0.05) is 48.9 Å². The number of hydrogen-bond acceptors (Lipinski definition) is 2. The molecule has 1 aromatic carbocycles. The largest absolute Gasteiger partial charge is 0.478 e. The van der Waals surface area contributed by atoms with Crippen molar-refractivity contribution in [2.24, 2.45) is 5.92 Å². The minimum absolute atomic E-state index is 0.00235. The zero-order chi connectivity index (χ0) is 15.4. The Morgan fingerprint density at radius 3 is 2.05 bits per heavy atom. The van der Waals surface area contributed by atoms with Crippen LogP contribution in [0, 0.1) is 5.92 Å². The topological polar surface area (TPSA) is 66.4 Å². The van der Waals surface area contributed by atoms with Gasteiger partial charge in [-0.25, -0.2) is 4.79 Å². The summed E-state index contributed by atoms with van der Waals surface area (Å²) >= 11 is 12.1. The highest BCUT2D eigenvalue weighted by molar-refractivity contribution is 6.40. The van der Waals surface area contributed by atoms with E-state index in [9.17, 15) is 9.59 Å². The molecule has 6 heteroatoms. The van der Waals surface area contributed by atoms with Crippen LogP contribution in [0.2, 0.25) is 10.0 Å². The third kappa shape index (κ3) is 4.11. The number of aromatic carboxylic acids is 1. The fraction of sp³-hybridized carbons (Fsp3) is 0.467. The molecule has 21 heavy (non-hydrogen) atoms. The molecule has 2 N–H and O–H groups in total. The zero-order valence-corrected chi connectivity index (χ0v) is 13.0. The van der Waals surface area contributed by atoms with E-state index in [1.165, 1.54) is 25.0 Å². The number of benzene rings is 1. The second-order valence-corrected chi connectivity index (χ2v) is 6.11. The van der Waals surface area contributed by atoms with Crippen LogP contribution in [0.1, 0.15) is 48.9 Å². The Balaban J connectivity index is 2.15. The molecule has 2 rings (SSSR count). The molecule has 0 spiro atoms. The van der Waals surface area contributed by atoms with Crippen molar-refractivity contribution in [2.75, 3.05) is 5.32 Å². The van der Waals surface area contributed by atoms with E-state index in [1.807, 2.05) is 0 Å². The molecule has 0 saturated heterocycles. The van der Waals surface area contributed by atoms with Crippen molar-refractivity contribution < 1.29 is 14.7 Å². The maximum Gasteiger partial charge on any atom is 0.335 e. The molecule has 0 aliphatic heterocycles. The van der Waals surface area contributed by atoms with Gasteiger partial charge in [0.25, 0.3) is 0 Å². The first-order chi connectivity index (χ1) is 9.99. The lowest BCUT2D eigenvalue weighted by molar-refractivity contribution is -0.120. The molecule has 114 valence electrons. The Morgan fingerprint density at radius 1 is 1.05 bits per heavy atom. The highest BCUT2D eigenvalue weighted by Crippen LogP contribution is 2.33. The van der Waals surface area contributed by atoms with Crippen molar-refractivity contribution in [2.45, 2.75) is 38.5 Å². The van der Waals surface area contributed by atoms with Gasteiger partial charge < -0.3 is 10.4 Å². The summed E-state index contributed by atoms with van der Waals surface area (Å²) in [7, 11) is 0. The van der Waals surface area contributed by atoms with Gasteiger partial charge in [0.05, 0.1) is 21.3 Å². The Labute approximate surface area is 133 Å². The molecule has 0 aromatic heterocycles. The number of amides is 1. The molecule has 1 aromatic rings. The fourth-order valence-corrected chi connectivity index (χ4v) is 3.16. The van der Waals surface area contributed by atoms with E-state index >= 15 is 0 Å². The van der Waals surface area contributed by atoms with Crippen LogP contribution in [0.4, 0.5) is 5.69 Å². The van der Waals surface area contributed by atoms with Crippen LogP contribution in [0.3, 0.4) is 0 Å². The molecule has 1 saturated carbocycles. The van der Waals surface area contributed by atoms with Crippen LogP contribution < -0.4 is 5.32 Å². The third-order valence-corrected chi connectivity index (χ3v) is 4.36. The maximum absolute atomic E-state index is 12.3. The summed E-state index contributed by atoms with van der Waals surface area (Å²) < 4.78 is 0. The molecule has 4 nitrogen and oxygen atoms in total. The van der Waals surface area contributed by atoms with E-state index in [1.54, 1.807) is 0 Å². The monoisotopic (exact) mass is 329 g/mol.